The van der Waals surface area contributed by atoms with Crippen LogP contribution in [0.25, 0.3) is 0 Å². The van der Waals surface area contributed by atoms with Crippen LogP contribution < -0.4 is 0 Å². The number of allylic oxidation sites excluding steroid dienone is 2. The SMILES string of the molecule is C[C@@H]1O[C@@H](O[C@H]2[C@H](OC3CC[C@@]4(C)C(CC[C@]5(C)C4CC=C4C6CC(C)(C)CC[C@]6(C(=O)O[C@@H]6O[C@H](CO)[C@@H](O)[C@H](O)[C@H]6O)CC[C@]45C)C3(C)C)OC[C@H](O)[C@@H]2O)[C@H](O)[C@H](O)[C@@H]1O. The fraction of sp³-hybridized carbons (Fsp3) is 0.936. The van der Waals surface area contributed by atoms with E-state index in [-0.39, 0.29) is 51.6 Å². The number of hydrogen-bond acceptors (Lipinski definition) is 16. The Morgan fingerprint density at radius 2 is 1.38 bits per heavy atom. The monoisotopic (exact) mass is 897 g/mol. The Morgan fingerprint density at radius 1 is 0.714 bits per heavy atom. The molecule has 7 fully saturated rings. The molecule has 3 saturated heterocycles. The van der Waals surface area contributed by atoms with Crippen LogP contribution in [0.15, 0.2) is 11.6 Å². The fourth-order valence-electron chi connectivity index (χ4n) is 14.7. The topological polar surface area (TPSA) is 255 Å². The fourth-order valence-corrected chi connectivity index (χ4v) is 14.7. The van der Waals surface area contributed by atoms with Crippen molar-refractivity contribution >= 4 is 5.97 Å². The lowest BCUT2D eigenvalue weighted by atomic mass is 9.33. The molecule has 0 bridgehead atoms. The van der Waals surface area contributed by atoms with Crippen molar-refractivity contribution < 1.29 is 79.2 Å². The van der Waals surface area contributed by atoms with Crippen LogP contribution in [0.3, 0.4) is 0 Å². The van der Waals surface area contributed by atoms with Gasteiger partial charge < -0.3 is 74.4 Å². The first-order valence-electron chi connectivity index (χ1n) is 23.6. The molecule has 8 aliphatic rings. The van der Waals surface area contributed by atoms with Crippen LogP contribution in [0.1, 0.15) is 120 Å². The minimum Gasteiger partial charge on any atom is -0.432 e. The Labute approximate surface area is 371 Å². The van der Waals surface area contributed by atoms with Gasteiger partial charge in [0.1, 0.15) is 61.0 Å². The summed E-state index contributed by atoms with van der Waals surface area (Å²) in [5.74, 6) is -0.0269. The van der Waals surface area contributed by atoms with E-state index in [0.29, 0.717) is 25.2 Å². The molecule has 5 aliphatic carbocycles. The van der Waals surface area contributed by atoms with Gasteiger partial charge in [0, 0.05) is 0 Å². The van der Waals surface area contributed by atoms with Gasteiger partial charge in [-0.3, -0.25) is 4.79 Å². The molecule has 16 nitrogen and oxygen atoms in total. The summed E-state index contributed by atoms with van der Waals surface area (Å²) in [5, 5.41) is 94.8. The zero-order valence-corrected chi connectivity index (χ0v) is 38.3. The number of carbonyl (C=O) groups excluding carboxylic acids is 1. The zero-order chi connectivity index (χ0) is 46.0. The van der Waals surface area contributed by atoms with E-state index in [1.807, 2.05) is 0 Å². The summed E-state index contributed by atoms with van der Waals surface area (Å²) >= 11 is 0. The first kappa shape index (κ1) is 48.1. The zero-order valence-electron chi connectivity index (χ0n) is 38.3. The number of carbonyl (C=O) groups is 1. The van der Waals surface area contributed by atoms with Crippen molar-refractivity contribution in [3.05, 3.63) is 11.6 Å². The van der Waals surface area contributed by atoms with Gasteiger partial charge in [0.05, 0.1) is 30.8 Å². The smallest absolute Gasteiger partial charge is 0.315 e. The number of esters is 1. The van der Waals surface area contributed by atoms with E-state index in [1.165, 1.54) is 12.5 Å². The Morgan fingerprint density at radius 3 is 2.08 bits per heavy atom. The molecule has 3 aliphatic heterocycles. The quantitative estimate of drug-likeness (QED) is 0.100. The molecule has 22 atom stereocenters. The maximum Gasteiger partial charge on any atom is 0.315 e. The average Bonchev–Trinajstić information content (AvgIpc) is 3.22. The lowest BCUT2D eigenvalue weighted by Gasteiger charge is -2.71. The molecule has 0 aromatic rings. The molecule has 9 N–H and O–H groups in total. The summed E-state index contributed by atoms with van der Waals surface area (Å²) in [6.07, 6.45) is -9.47. The molecule has 4 saturated carbocycles. The number of fused-ring (bicyclic) bond motifs is 7. The summed E-state index contributed by atoms with van der Waals surface area (Å²) < 4.78 is 36.2. The molecular formula is C47H76O16. The van der Waals surface area contributed by atoms with Crippen molar-refractivity contribution in [2.24, 2.45) is 50.2 Å². The first-order valence-corrected chi connectivity index (χ1v) is 23.6. The second-order valence-electron chi connectivity index (χ2n) is 23.0. The molecule has 3 heterocycles. The highest BCUT2D eigenvalue weighted by Crippen LogP contribution is 2.76. The van der Waals surface area contributed by atoms with Gasteiger partial charge in [-0.2, -0.15) is 0 Å². The molecule has 4 unspecified atom stereocenters. The minimum absolute atomic E-state index is 0.0356. The van der Waals surface area contributed by atoms with Crippen LogP contribution >= 0.6 is 0 Å². The van der Waals surface area contributed by atoms with Crippen LogP contribution in [-0.2, 0) is 33.2 Å². The van der Waals surface area contributed by atoms with Gasteiger partial charge in [0.15, 0.2) is 12.6 Å². The average molecular weight is 897 g/mol. The lowest BCUT2D eigenvalue weighted by Crippen LogP contribution is -2.66. The molecule has 0 aromatic heterocycles. The first-order chi connectivity index (χ1) is 29.4. The van der Waals surface area contributed by atoms with Crippen LogP contribution in [0.4, 0.5) is 0 Å². The second kappa shape index (κ2) is 16.7. The Kier molecular flexibility index (Phi) is 12.8. The molecule has 8 rings (SSSR count). The van der Waals surface area contributed by atoms with Gasteiger partial charge in [-0.05, 0) is 116 Å². The molecule has 0 radical (unpaired) electrons. The van der Waals surface area contributed by atoms with Crippen LogP contribution in [-0.4, -0.2) is 157 Å². The Bertz CT molecular complexity index is 1720. The number of aliphatic hydroxyl groups is 9. The van der Waals surface area contributed by atoms with E-state index in [4.69, 9.17) is 28.4 Å². The van der Waals surface area contributed by atoms with Crippen molar-refractivity contribution in [1.82, 2.24) is 0 Å². The molecule has 360 valence electrons. The van der Waals surface area contributed by atoms with Gasteiger partial charge in [-0.25, -0.2) is 0 Å². The van der Waals surface area contributed by atoms with Crippen LogP contribution in [0, 0.1) is 50.2 Å². The number of aliphatic hydroxyl groups excluding tert-OH is 9. The highest BCUT2D eigenvalue weighted by molar-refractivity contribution is 5.79. The van der Waals surface area contributed by atoms with Gasteiger partial charge in [0.2, 0.25) is 6.29 Å². The summed E-state index contributed by atoms with van der Waals surface area (Å²) in [5.41, 5.74) is -0.377. The van der Waals surface area contributed by atoms with Gasteiger partial charge in [0.25, 0.3) is 0 Å². The van der Waals surface area contributed by atoms with E-state index in [0.717, 1.165) is 44.9 Å². The number of rotatable bonds is 7. The van der Waals surface area contributed by atoms with E-state index in [1.54, 1.807) is 0 Å². The minimum atomic E-state index is -1.67. The van der Waals surface area contributed by atoms with Crippen molar-refractivity contribution in [3.63, 3.8) is 0 Å². The third-order valence-electron chi connectivity index (χ3n) is 18.9. The maximum absolute atomic E-state index is 14.7. The maximum atomic E-state index is 14.7. The number of hydrogen-bond donors (Lipinski definition) is 9. The highest BCUT2D eigenvalue weighted by Gasteiger charge is 2.70. The summed E-state index contributed by atoms with van der Waals surface area (Å²) in [6.45, 7) is 17.1. The van der Waals surface area contributed by atoms with Crippen molar-refractivity contribution in [2.45, 2.75) is 212 Å². The van der Waals surface area contributed by atoms with E-state index < -0.39 is 104 Å². The number of ether oxygens (including phenoxy) is 6. The third kappa shape index (κ3) is 7.51. The van der Waals surface area contributed by atoms with E-state index in [2.05, 4.69) is 54.5 Å². The predicted molar refractivity (Wildman–Crippen MR) is 223 cm³/mol. The summed E-state index contributed by atoms with van der Waals surface area (Å²) in [6, 6.07) is 0. The van der Waals surface area contributed by atoms with Gasteiger partial charge in [-0.1, -0.05) is 60.1 Å². The highest BCUT2D eigenvalue weighted by atomic mass is 16.8. The summed E-state index contributed by atoms with van der Waals surface area (Å²) in [4.78, 5) is 14.7. The second-order valence-corrected chi connectivity index (χ2v) is 23.0. The standard InChI is InChI=1S/C47H76O16/c1-22-30(50)33(53)35(55)38(59-22)62-37-31(51)25(49)21-58-40(37)61-29-12-13-44(6)27(43(29,4)5)11-14-46(8)28(44)10-9-23-24-19-42(2,3)15-17-47(24,18-16-45(23,46)7)41(57)63-39-36(56)34(54)32(52)26(20-48)60-39/h9,22,24-40,48-56H,10-21H2,1-8H3/t22-,24?,25-,26+,27?,28?,29?,30+,31-,32+,33+,34-,35+,36+,37+,38-,39-,40-,44-,45+,46+,47-/m0/s1. The molecule has 16 heteroatoms. The van der Waals surface area contributed by atoms with Gasteiger partial charge >= 0.3 is 5.97 Å². The largest absolute Gasteiger partial charge is 0.432 e. The van der Waals surface area contributed by atoms with E-state index >= 15 is 0 Å². The summed E-state index contributed by atoms with van der Waals surface area (Å²) in [7, 11) is 0. The van der Waals surface area contributed by atoms with Gasteiger partial charge in [-0.15, -0.1) is 0 Å². The van der Waals surface area contributed by atoms with Crippen molar-refractivity contribution in [3.8, 4) is 0 Å². The predicted octanol–water partition coefficient (Wildman–Crippen LogP) is 1.81. The lowest BCUT2D eigenvalue weighted by molar-refractivity contribution is -0.364. The van der Waals surface area contributed by atoms with Crippen LogP contribution in [0.2, 0.25) is 0 Å². The molecule has 0 aromatic carbocycles. The van der Waals surface area contributed by atoms with Crippen molar-refractivity contribution in [2.75, 3.05) is 13.2 Å². The molecule has 63 heavy (non-hydrogen) atoms. The molecule has 0 amide bonds. The Hall–Kier alpha value is -1.35. The third-order valence-corrected chi connectivity index (χ3v) is 18.9. The van der Waals surface area contributed by atoms with E-state index in [9.17, 15) is 50.8 Å². The Balaban J connectivity index is 1.03. The molecular weight excluding hydrogens is 821 g/mol. The normalized spacial score (nSPS) is 54.1. The van der Waals surface area contributed by atoms with Crippen LogP contribution in [0.5, 0.6) is 0 Å². The van der Waals surface area contributed by atoms with Crippen molar-refractivity contribution in [1.29, 1.82) is 0 Å². The molecule has 0 spiro atoms.